The number of pyridine rings is 2. The molecule has 98 valence electrons. The first kappa shape index (κ1) is 11.5. The van der Waals surface area contributed by atoms with Crippen LogP contribution < -0.4 is 4.90 Å². The number of hydrogen-bond donors (Lipinski definition) is 1. The van der Waals surface area contributed by atoms with Crippen molar-refractivity contribution >= 4 is 34.2 Å². The van der Waals surface area contributed by atoms with E-state index in [1.165, 1.54) is 0 Å². The van der Waals surface area contributed by atoms with Crippen LogP contribution in [0.25, 0.3) is 16.7 Å². The second kappa shape index (κ2) is 4.64. The van der Waals surface area contributed by atoms with Gasteiger partial charge < -0.3 is 9.88 Å². The third-order valence-corrected chi connectivity index (χ3v) is 3.97. The Bertz CT molecular complexity index is 747. The van der Waals surface area contributed by atoms with Gasteiger partial charge in [-0.25, -0.2) is 4.98 Å². The third-order valence-electron chi connectivity index (χ3n) is 3.17. The molecule has 4 heterocycles. The number of fused-ring (bicyclic) bond motifs is 1. The molecule has 6 heteroatoms. The summed E-state index contributed by atoms with van der Waals surface area (Å²) < 4.78 is 0. The molecule has 3 aromatic rings. The van der Waals surface area contributed by atoms with Gasteiger partial charge in [-0.15, -0.1) is 11.8 Å². The fourth-order valence-electron chi connectivity index (χ4n) is 2.21. The minimum absolute atomic E-state index is 0.863. The number of aromatic nitrogens is 4. The molecule has 0 aromatic carbocycles. The van der Waals surface area contributed by atoms with E-state index in [-0.39, 0.29) is 0 Å². The van der Waals surface area contributed by atoms with Crippen molar-refractivity contribution in [3.05, 3.63) is 54.2 Å². The molecular formula is C14H11N5S. The van der Waals surface area contributed by atoms with Gasteiger partial charge in [-0.3, -0.25) is 9.97 Å². The zero-order valence-electron chi connectivity index (χ0n) is 10.5. The Morgan fingerprint density at radius 3 is 2.95 bits per heavy atom. The minimum atomic E-state index is 0.863. The molecule has 1 aliphatic rings. The second-order valence-electron chi connectivity index (χ2n) is 4.42. The lowest BCUT2D eigenvalue weighted by Gasteiger charge is -2.19. The highest BCUT2D eigenvalue weighted by Crippen LogP contribution is 2.34. The summed E-state index contributed by atoms with van der Waals surface area (Å²) >= 11 is 1.75. The summed E-state index contributed by atoms with van der Waals surface area (Å²) in [5, 5.41) is 2.12. The van der Waals surface area contributed by atoms with Crippen molar-refractivity contribution in [3.63, 3.8) is 0 Å². The number of imidazole rings is 1. The molecule has 0 saturated carbocycles. The summed E-state index contributed by atoms with van der Waals surface area (Å²) in [4.78, 5) is 18.4. The summed E-state index contributed by atoms with van der Waals surface area (Å²) in [6, 6.07) is 5.93. The minimum Gasteiger partial charge on any atom is -0.337 e. The van der Waals surface area contributed by atoms with Gasteiger partial charge in [0.2, 0.25) is 0 Å². The third kappa shape index (κ3) is 1.85. The van der Waals surface area contributed by atoms with E-state index in [1.54, 1.807) is 30.4 Å². The summed E-state index contributed by atoms with van der Waals surface area (Å²) in [7, 11) is 0. The zero-order valence-corrected chi connectivity index (χ0v) is 11.3. The number of hydrogen-bond acceptors (Lipinski definition) is 5. The van der Waals surface area contributed by atoms with Crippen LogP contribution in [-0.2, 0) is 0 Å². The first-order valence-corrected chi connectivity index (χ1v) is 7.26. The highest BCUT2D eigenvalue weighted by molar-refractivity contribution is 8.02. The van der Waals surface area contributed by atoms with Gasteiger partial charge in [-0.1, -0.05) is 0 Å². The van der Waals surface area contributed by atoms with Crippen molar-refractivity contribution in [2.45, 2.75) is 0 Å². The number of thioether (sulfide) groups is 1. The molecule has 5 nitrogen and oxygen atoms in total. The molecule has 0 fully saturated rings. The maximum absolute atomic E-state index is 4.61. The van der Waals surface area contributed by atoms with Crippen molar-refractivity contribution in [1.29, 1.82) is 0 Å². The number of aromatic amines is 1. The van der Waals surface area contributed by atoms with Gasteiger partial charge in [0.05, 0.1) is 35.2 Å². The van der Waals surface area contributed by atoms with E-state index in [4.69, 9.17) is 0 Å². The maximum Gasteiger partial charge on any atom is 0.155 e. The summed E-state index contributed by atoms with van der Waals surface area (Å²) in [5.41, 5.74) is 4.02. The predicted molar refractivity (Wildman–Crippen MR) is 81.0 cm³/mol. The van der Waals surface area contributed by atoms with E-state index in [0.29, 0.717) is 0 Å². The lowest BCUT2D eigenvalue weighted by Crippen LogP contribution is -2.17. The van der Waals surface area contributed by atoms with Crippen molar-refractivity contribution in [2.24, 2.45) is 0 Å². The van der Waals surface area contributed by atoms with Gasteiger partial charge >= 0.3 is 0 Å². The van der Waals surface area contributed by atoms with Crippen molar-refractivity contribution < 1.29 is 0 Å². The van der Waals surface area contributed by atoms with Crippen LogP contribution >= 0.6 is 11.8 Å². The topological polar surface area (TPSA) is 57.7 Å². The Morgan fingerprint density at radius 1 is 1.15 bits per heavy atom. The molecule has 0 radical (unpaired) electrons. The average molecular weight is 281 g/mol. The van der Waals surface area contributed by atoms with E-state index < -0.39 is 0 Å². The molecule has 0 amide bonds. The lowest BCUT2D eigenvalue weighted by atomic mass is 10.3. The number of rotatable bonds is 2. The number of nitrogens with one attached hydrogen (secondary N) is 1. The Morgan fingerprint density at radius 2 is 2.10 bits per heavy atom. The lowest BCUT2D eigenvalue weighted by molar-refractivity contribution is 1.13. The first-order chi connectivity index (χ1) is 9.92. The molecule has 3 aromatic heterocycles. The Balaban J connectivity index is 1.77. The van der Waals surface area contributed by atoms with Crippen LogP contribution in [0, 0.1) is 0 Å². The van der Waals surface area contributed by atoms with E-state index >= 15 is 0 Å². The van der Waals surface area contributed by atoms with Crippen molar-refractivity contribution in [1.82, 2.24) is 19.9 Å². The molecule has 4 rings (SSSR count). The Kier molecular flexibility index (Phi) is 2.67. The van der Waals surface area contributed by atoms with Gasteiger partial charge in [0.1, 0.15) is 5.52 Å². The van der Waals surface area contributed by atoms with E-state index in [9.17, 15) is 0 Å². The number of nitrogens with zero attached hydrogens (tertiary/aromatic N) is 4. The molecule has 20 heavy (non-hydrogen) atoms. The van der Waals surface area contributed by atoms with Gasteiger partial charge in [0, 0.05) is 17.8 Å². The van der Waals surface area contributed by atoms with Crippen molar-refractivity contribution in [2.75, 3.05) is 10.8 Å². The standard InChI is InChI=1S/C14H11N5S/c1-2-10(6-15-4-1)19-9-20-8-13(19)14-17-11-3-5-16-7-12(11)18-14/h1-8H,9H2,(H,17,18). The molecular weight excluding hydrogens is 270 g/mol. The van der Waals surface area contributed by atoms with Crippen LogP contribution in [0.4, 0.5) is 5.69 Å². The summed E-state index contributed by atoms with van der Waals surface area (Å²) in [5.74, 6) is 1.73. The van der Waals surface area contributed by atoms with Gasteiger partial charge in [0.15, 0.2) is 5.82 Å². The average Bonchev–Trinajstić information content (AvgIpc) is 3.14. The van der Waals surface area contributed by atoms with Crippen LogP contribution in [-0.4, -0.2) is 25.8 Å². The van der Waals surface area contributed by atoms with Crippen LogP contribution in [0.1, 0.15) is 5.82 Å². The SMILES string of the molecule is C1=C(c2nc3cnccc3[nH]2)N(c2cccnc2)CS1. The molecule has 0 unspecified atom stereocenters. The van der Waals surface area contributed by atoms with Crippen LogP contribution in [0.2, 0.25) is 0 Å². The molecule has 0 bridgehead atoms. The normalized spacial score (nSPS) is 14.8. The number of H-pyrrole nitrogens is 1. The molecule has 0 aliphatic carbocycles. The molecule has 0 saturated heterocycles. The number of anilines is 1. The first-order valence-electron chi connectivity index (χ1n) is 6.21. The van der Waals surface area contributed by atoms with Crippen molar-refractivity contribution in [3.8, 4) is 0 Å². The highest BCUT2D eigenvalue weighted by atomic mass is 32.2. The van der Waals surface area contributed by atoms with E-state index in [0.717, 1.165) is 34.1 Å². The fraction of sp³-hybridized carbons (Fsp3) is 0.0714. The summed E-state index contributed by atoms with van der Waals surface area (Å²) in [6.45, 7) is 0. The Hall–Kier alpha value is -2.34. The quantitative estimate of drug-likeness (QED) is 0.782. The van der Waals surface area contributed by atoms with E-state index in [1.807, 2.05) is 18.3 Å². The molecule has 0 atom stereocenters. The summed E-state index contributed by atoms with van der Waals surface area (Å²) in [6.07, 6.45) is 7.18. The fourth-order valence-corrected chi connectivity index (χ4v) is 3.12. The van der Waals surface area contributed by atoms with E-state index in [2.05, 4.69) is 36.3 Å². The molecule has 0 spiro atoms. The Labute approximate surface area is 119 Å². The highest BCUT2D eigenvalue weighted by Gasteiger charge is 2.21. The molecule has 1 aliphatic heterocycles. The van der Waals surface area contributed by atoms with Crippen LogP contribution in [0.3, 0.4) is 0 Å². The zero-order chi connectivity index (χ0) is 13.4. The van der Waals surface area contributed by atoms with Crippen LogP contribution in [0.5, 0.6) is 0 Å². The monoisotopic (exact) mass is 281 g/mol. The second-order valence-corrected chi connectivity index (χ2v) is 5.24. The van der Waals surface area contributed by atoms with Gasteiger partial charge in [0.25, 0.3) is 0 Å². The molecule has 1 N–H and O–H groups in total. The maximum atomic E-state index is 4.61. The van der Waals surface area contributed by atoms with Gasteiger partial charge in [-0.2, -0.15) is 0 Å². The van der Waals surface area contributed by atoms with Crippen LogP contribution in [0.15, 0.2) is 48.4 Å². The predicted octanol–water partition coefficient (Wildman–Crippen LogP) is 2.86. The van der Waals surface area contributed by atoms with Gasteiger partial charge in [-0.05, 0) is 18.2 Å². The smallest absolute Gasteiger partial charge is 0.155 e. The largest absolute Gasteiger partial charge is 0.337 e.